The van der Waals surface area contributed by atoms with E-state index in [-0.39, 0.29) is 17.6 Å². The van der Waals surface area contributed by atoms with Crippen molar-refractivity contribution in [3.8, 4) is 0 Å². The zero-order valence-corrected chi connectivity index (χ0v) is 13.7. The Labute approximate surface area is 144 Å². The number of anilines is 2. The highest BCUT2D eigenvalue weighted by Gasteiger charge is 2.28. The second kappa shape index (κ2) is 5.94. The summed E-state index contributed by atoms with van der Waals surface area (Å²) in [5, 5.41) is 2.82. The van der Waals surface area contributed by atoms with Gasteiger partial charge in [-0.1, -0.05) is 18.2 Å². The topological polar surface area (TPSA) is 62.6 Å². The molecule has 0 unspecified atom stereocenters. The van der Waals surface area contributed by atoms with Crippen LogP contribution in [0.25, 0.3) is 0 Å². The molecule has 124 valence electrons. The van der Waals surface area contributed by atoms with Gasteiger partial charge in [0, 0.05) is 16.9 Å². The molecule has 0 spiro atoms. The van der Waals surface area contributed by atoms with E-state index in [2.05, 4.69) is 5.32 Å². The number of aryl methyl sites for hydroxylation is 1. The molecular formula is C20H16N2O3. The minimum atomic E-state index is -0.300. The Hall–Kier alpha value is -3.34. The number of amides is 2. The van der Waals surface area contributed by atoms with Crippen molar-refractivity contribution in [2.24, 2.45) is 0 Å². The number of rotatable bonds is 3. The molecule has 5 heteroatoms. The van der Waals surface area contributed by atoms with E-state index in [9.17, 15) is 9.59 Å². The first kappa shape index (κ1) is 15.2. The first-order valence-corrected chi connectivity index (χ1v) is 7.99. The predicted octanol–water partition coefficient (Wildman–Crippen LogP) is 4.00. The molecule has 4 rings (SSSR count). The Bertz CT molecular complexity index is 961. The molecule has 1 aromatic heterocycles. The van der Waals surface area contributed by atoms with Crippen LogP contribution in [0.3, 0.4) is 0 Å². The number of carbonyl (C=O) groups is 2. The third-order valence-electron chi connectivity index (χ3n) is 4.34. The van der Waals surface area contributed by atoms with Gasteiger partial charge in [-0.2, -0.15) is 0 Å². The smallest absolute Gasteiger partial charge is 0.291 e. The zero-order chi connectivity index (χ0) is 17.4. The quantitative estimate of drug-likeness (QED) is 0.788. The predicted molar refractivity (Wildman–Crippen MR) is 94.8 cm³/mol. The van der Waals surface area contributed by atoms with E-state index in [1.54, 1.807) is 17.0 Å². The molecule has 2 amide bonds. The van der Waals surface area contributed by atoms with Crippen molar-refractivity contribution in [1.82, 2.24) is 0 Å². The van der Waals surface area contributed by atoms with Gasteiger partial charge in [0.1, 0.15) is 0 Å². The lowest BCUT2D eigenvalue weighted by atomic mass is 10.1. The highest BCUT2D eigenvalue weighted by molar-refractivity contribution is 6.10. The molecule has 2 heterocycles. The lowest BCUT2D eigenvalue weighted by Crippen LogP contribution is -2.23. The first-order chi connectivity index (χ1) is 12.1. The lowest BCUT2D eigenvalue weighted by Gasteiger charge is -2.18. The van der Waals surface area contributed by atoms with Gasteiger partial charge in [-0.05, 0) is 54.4 Å². The molecule has 0 saturated heterocycles. The molecule has 0 radical (unpaired) electrons. The Kier molecular flexibility index (Phi) is 3.61. The molecule has 25 heavy (non-hydrogen) atoms. The van der Waals surface area contributed by atoms with Gasteiger partial charge in [-0.3, -0.25) is 9.59 Å². The maximum atomic E-state index is 12.6. The summed E-state index contributed by atoms with van der Waals surface area (Å²) in [6.07, 6.45) is 1.46. The van der Waals surface area contributed by atoms with Gasteiger partial charge in [0.15, 0.2) is 5.76 Å². The lowest BCUT2D eigenvalue weighted by molar-refractivity contribution is 0.0988. The van der Waals surface area contributed by atoms with E-state index in [0.717, 1.165) is 22.4 Å². The maximum absolute atomic E-state index is 12.6. The van der Waals surface area contributed by atoms with Gasteiger partial charge < -0.3 is 14.6 Å². The van der Waals surface area contributed by atoms with Crippen molar-refractivity contribution in [1.29, 1.82) is 0 Å². The Balaban J connectivity index is 1.57. The molecule has 1 aliphatic rings. The molecule has 0 bridgehead atoms. The average molecular weight is 332 g/mol. The molecule has 0 saturated carbocycles. The largest absolute Gasteiger partial charge is 0.459 e. The summed E-state index contributed by atoms with van der Waals surface area (Å²) >= 11 is 0. The first-order valence-electron chi connectivity index (χ1n) is 7.99. The maximum Gasteiger partial charge on any atom is 0.291 e. The second-order valence-corrected chi connectivity index (χ2v) is 5.98. The number of benzene rings is 2. The molecule has 3 aromatic rings. The van der Waals surface area contributed by atoms with Gasteiger partial charge in [0.25, 0.3) is 11.8 Å². The second-order valence-electron chi connectivity index (χ2n) is 5.98. The van der Waals surface area contributed by atoms with Crippen molar-refractivity contribution < 1.29 is 14.0 Å². The number of nitrogens with zero attached hydrogens (tertiary/aromatic N) is 1. The summed E-state index contributed by atoms with van der Waals surface area (Å²) in [7, 11) is 0. The summed E-state index contributed by atoms with van der Waals surface area (Å²) in [5.41, 5.74) is 4.15. The Morgan fingerprint density at radius 2 is 1.96 bits per heavy atom. The minimum absolute atomic E-state index is 0.00220. The number of fused-ring (bicyclic) bond motifs is 1. The van der Waals surface area contributed by atoms with Crippen molar-refractivity contribution in [2.45, 2.75) is 13.5 Å². The van der Waals surface area contributed by atoms with Crippen LogP contribution in [0.2, 0.25) is 0 Å². The van der Waals surface area contributed by atoms with Gasteiger partial charge in [0.05, 0.1) is 12.8 Å². The number of furan rings is 1. The number of hydrogen-bond donors (Lipinski definition) is 1. The van der Waals surface area contributed by atoms with Crippen molar-refractivity contribution in [2.75, 3.05) is 10.2 Å². The summed E-state index contributed by atoms with van der Waals surface area (Å²) in [6.45, 7) is 2.46. The van der Waals surface area contributed by atoms with Crippen LogP contribution in [0.1, 0.15) is 32.0 Å². The van der Waals surface area contributed by atoms with Crippen LogP contribution in [0.15, 0.2) is 65.3 Å². The molecular weight excluding hydrogens is 316 g/mol. The summed E-state index contributed by atoms with van der Waals surface area (Å²) in [5.74, 6) is -0.0403. The van der Waals surface area contributed by atoms with Crippen LogP contribution in [-0.2, 0) is 6.54 Å². The monoisotopic (exact) mass is 332 g/mol. The summed E-state index contributed by atoms with van der Waals surface area (Å²) in [4.78, 5) is 26.4. The molecule has 2 aromatic carbocycles. The normalized spacial score (nSPS) is 13.0. The highest BCUT2D eigenvalue weighted by Crippen LogP contribution is 2.30. The van der Waals surface area contributed by atoms with Crippen LogP contribution in [0.4, 0.5) is 11.4 Å². The molecule has 5 nitrogen and oxygen atoms in total. The third-order valence-corrected chi connectivity index (χ3v) is 4.34. The van der Waals surface area contributed by atoms with Gasteiger partial charge in [0.2, 0.25) is 0 Å². The fourth-order valence-corrected chi connectivity index (χ4v) is 3.01. The highest BCUT2D eigenvalue weighted by atomic mass is 16.3. The SMILES string of the molecule is Cc1cc(N2Cc3ccccc3C2=O)ccc1NC(=O)c1ccco1. The van der Waals surface area contributed by atoms with E-state index in [4.69, 9.17) is 4.42 Å². The Morgan fingerprint density at radius 3 is 2.68 bits per heavy atom. The van der Waals surface area contributed by atoms with Gasteiger partial charge in [-0.25, -0.2) is 0 Å². The summed E-state index contributed by atoms with van der Waals surface area (Å²) < 4.78 is 5.10. The van der Waals surface area contributed by atoms with Crippen LogP contribution in [-0.4, -0.2) is 11.8 Å². The Morgan fingerprint density at radius 1 is 1.12 bits per heavy atom. The van der Waals surface area contributed by atoms with Crippen LogP contribution in [0.5, 0.6) is 0 Å². The van der Waals surface area contributed by atoms with E-state index < -0.39 is 0 Å². The molecule has 1 aliphatic heterocycles. The number of carbonyl (C=O) groups excluding carboxylic acids is 2. The van der Waals surface area contributed by atoms with Crippen molar-refractivity contribution in [3.05, 3.63) is 83.3 Å². The number of nitrogens with one attached hydrogen (secondary N) is 1. The van der Waals surface area contributed by atoms with E-state index in [0.29, 0.717) is 12.2 Å². The van der Waals surface area contributed by atoms with E-state index in [1.807, 2.05) is 49.4 Å². The van der Waals surface area contributed by atoms with Gasteiger partial charge in [-0.15, -0.1) is 0 Å². The van der Waals surface area contributed by atoms with Crippen molar-refractivity contribution in [3.63, 3.8) is 0 Å². The molecule has 0 fully saturated rings. The minimum Gasteiger partial charge on any atom is -0.459 e. The fourth-order valence-electron chi connectivity index (χ4n) is 3.01. The van der Waals surface area contributed by atoms with E-state index in [1.165, 1.54) is 6.26 Å². The third kappa shape index (κ3) is 2.70. The van der Waals surface area contributed by atoms with Crippen molar-refractivity contribution >= 4 is 23.2 Å². The van der Waals surface area contributed by atoms with Crippen LogP contribution in [0, 0.1) is 6.92 Å². The zero-order valence-electron chi connectivity index (χ0n) is 13.7. The average Bonchev–Trinajstić information content (AvgIpc) is 3.26. The van der Waals surface area contributed by atoms with Crippen LogP contribution >= 0.6 is 0 Å². The molecule has 1 N–H and O–H groups in total. The van der Waals surface area contributed by atoms with E-state index >= 15 is 0 Å². The van der Waals surface area contributed by atoms with Crippen LogP contribution < -0.4 is 10.2 Å². The number of hydrogen-bond acceptors (Lipinski definition) is 3. The molecule has 0 atom stereocenters. The standard InChI is InChI=1S/C20H16N2O3/c1-13-11-15(22-12-14-5-2-3-6-16(14)20(22)24)8-9-17(13)21-19(23)18-7-4-10-25-18/h2-11H,12H2,1H3,(H,21,23). The molecule has 0 aliphatic carbocycles. The fraction of sp³-hybridized carbons (Fsp3) is 0.100. The summed E-state index contributed by atoms with van der Waals surface area (Å²) in [6, 6.07) is 16.5. The van der Waals surface area contributed by atoms with Gasteiger partial charge >= 0.3 is 0 Å².